The van der Waals surface area contributed by atoms with Crippen molar-refractivity contribution >= 4 is 5.97 Å². The van der Waals surface area contributed by atoms with Gasteiger partial charge in [0, 0.05) is 24.4 Å². The summed E-state index contributed by atoms with van der Waals surface area (Å²) < 4.78 is 0. The highest BCUT2D eigenvalue weighted by atomic mass is 16.4. The molecule has 2 N–H and O–H groups in total. The third-order valence-corrected chi connectivity index (χ3v) is 3.16. The minimum Gasteiger partial charge on any atom is -0.481 e. The van der Waals surface area contributed by atoms with Crippen LogP contribution in [-0.2, 0) is 11.2 Å². The molecule has 4 heteroatoms. The molecule has 0 radical (unpaired) electrons. The largest absolute Gasteiger partial charge is 0.481 e. The fourth-order valence-corrected chi connectivity index (χ4v) is 2.31. The fraction of sp³-hybridized carbons (Fsp3) is 0.545. The number of aromatic amines is 1. The zero-order valence-electron chi connectivity index (χ0n) is 9.03. The number of aromatic nitrogens is 1. The lowest BCUT2D eigenvalue weighted by atomic mass is 9.84. The second kappa shape index (κ2) is 3.70. The van der Waals surface area contributed by atoms with Gasteiger partial charge in [-0.05, 0) is 32.1 Å². The molecule has 0 aromatic carbocycles. The molecule has 15 heavy (non-hydrogen) atoms. The van der Waals surface area contributed by atoms with Gasteiger partial charge in [-0.3, -0.25) is 4.79 Å². The average molecular weight is 208 g/mol. The van der Waals surface area contributed by atoms with E-state index in [1.54, 1.807) is 0 Å². The van der Waals surface area contributed by atoms with E-state index < -0.39 is 5.97 Å². The lowest BCUT2D eigenvalue weighted by Crippen LogP contribution is -2.31. The Labute approximate surface area is 88.9 Å². The summed E-state index contributed by atoms with van der Waals surface area (Å²) in [4.78, 5) is 16.2. The van der Waals surface area contributed by atoms with Crippen molar-refractivity contribution in [3.63, 3.8) is 0 Å². The SMILES string of the molecule is CN(C)C1CC(C(=O)O)Cc2[nH]ccc21. The van der Waals surface area contributed by atoms with Crippen molar-refractivity contribution in [1.29, 1.82) is 0 Å². The molecule has 0 saturated carbocycles. The molecular formula is C11H16N2O2. The first kappa shape index (κ1) is 10.2. The van der Waals surface area contributed by atoms with Crippen LogP contribution in [0.3, 0.4) is 0 Å². The maximum absolute atomic E-state index is 11.0. The van der Waals surface area contributed by atoms with Crippen LogP contribution < -0.4 is 0 Å². The molecule has 0 saturated heterocycles. The quantitative estimate of drug-likeness (QED) is 0.769. The molecule has 2 atom stereocenters. The third kappa shape index (κ3) is 1.77. The Kier molecular flexibility index (Phi) is 2.52. The van der Waals surface area contributed by atoms with E-state index in [2.05, 4.69) is 16.0 Å². The van der Waals surface area contributed by atoms with Crippen LogP contribution in [-0.4, -0.2) is 35.1 Å². The maximum atomic E-state index is 11.0. The Balaban J connectivity index is 2.31. The van der Waals surface area contributed by atoms with Crippen LogP contribution in [0.15, 0.2) is 12.3 Å². The molecule has 1 heterocycles. The van der Waals surface area contributed by atoms with Crippen LogP contribution in [0.4, 0.5) is 0 Å². The Bertz CT molecular complexity index is 370. The van der Waals surface area contributed by atoms with E-state index in [1.807, 2.05) is 20.3 Å². The van der Waals surface area contributed by atoms with Gasteiger partial charge in [-0.1, -0.05) is 0 Å². The number of hydrogen-bond donors (Lipinski definition) is 2. The number of H-pyrrole nitrogens is 1. The Hall–Kier alpha value is -1.29. The Morgan fingerprint density at radius 2 is 2.33 bits per heavy atom. The predicted octanol–water partition coefficient (Wildman–Crippen LogP) is 1.26. The molecule has 1 aromatic heterocycles. The molecule has 82 valence electrons. The van der Waals surface area contributed by atoms with Crippen LogP contribution in [0.25, 0.3) is 0 Å². The van der Waals surface area contributed by atoms with Gasteiger partial charge in [-0.2, -0.15) is 0 Å². The van der Waals surface area contributed by atoms with Gasteiger partial charge in [0.05, 0.1) is 5.92 Å². The number of aliphatic carboxylic acids is 1. The van der Waals surface area contributed by atoms with Gasteiger partial charge < -0.3 is 15.0 Å². The number of carbonyl (C=O) groups is 1. The van der Waals surface area contributed by atoms with E-state index in [9.17, 15) is 4.79 Å². The summed E-state index contributed by atoms with van der Waals surface area (Å²) in [6.45, 7) is 0. The van der Waals surface area contributed by atoms with Crippen molar-refractivity contribution in [1.82, 2.24) is 9.88 Å². The topological polar surface area (TPSA) is 56.3 Å². The molecule has 0 spiro atoms. The highest BCUT2D eigenvalue weighted by Gasteiger charge is 2.32. The summed E-state index contributed by atoms with van der Waals surface area (Å²) >= 11 is 0. The first-order chi connectivity index (χ1) is 7.09. The first-order valence-electron chi connectivity index (χ1n) is 5.15. The van der Waals surface area contributed by atoms with E-state index in [4.69, 9.17) is 5.11 Å². The summed E-state index contributed by atoms with van der Waals surface area (Å²) in [7, 11) is 3.98. The number of hydrogen-bond acceptors (Lipinski definition) is 2. The van der Waals surface area contributed by atoms with E-state index in [-0.39, 0.29) is 12.0 Å². The predicted molar refractivity (Wildman–Crippen MR) is 56.7 cm³/mol. The smallest absolute Gasteiger partial charge is 0.306 e. The van der Waals surface area contributed by atoms with Gasteiger partial charge in [-0.15, -0.1) is 0 Å². The maximum Gasteiger partial charge on any atom is 0.306 e. The van der Waals surface area contributed by atoms with Crippen molar-refractivity contribution in [3.05, 3.63) is 23.5 Å². The van der Waals surface area contributed by atoms with Crippen molar-refractivity contribution in [2.24, 2.45) is 5.92 Å². The highest BCUT2D eigenvalue weighted by molar-refractivity contribution is 5.71. The Morgan fingerprint density at radius 1 is 1.60 bits per heavy atom. The molecule has 1 aliphatic carbocycles. The first-order valence-corrected chi connectivity index (χ1v) is 5.15. The lowest BCUT2D eigenvalue weighted by Gasteiger charge is -2.31. The summed E-state index contributed by atoms with van der Waals surface area (Å²) in [6, 6.07) is 2.28. The van der Waals surface area contributed by atoms with E-state index in [0.29, 0.717) is 12.8 Å². The number of carboxylic acid groups (broad SMARTS) is 1. The van der Waals surface area contributed by atoms with Gasteiger partial charge in [0.1, 0.15) is 0 Å². The number of nitrogens with one attached hydrogen (secondary N) is 1. The molecule has 0 fully saturated rings. The highest BCUT2D eigenvalue weighted by Crippen LogP contribution is 2.35. The average Bonchev–Trinajstić information content (AvgIpc) is 2.62. The van der Waals surface area contributed by atoms with Crippen molar-refractivity contribution < 1.29 is 9.90 Å². The van der Waals surface area contributed by atoms with Crippen molar-refractivity contribution in [2.75, 3.05) is 14.1 Å². The summed E-state index contributed by atoms with van der Waals surface area (Å²) in [6.07, 6.45) is 3.22. The van der Waals surface area contributed by atoms with Gasteiger partial charge in [0.2, 0.25) is 0 Å². The van der Waals surface area contributed by atoms with Gasteiger partial charge in [-0.25, -0.2) is 0 Å². The van der Waals surface area contributed by atoms with Crippen molar-refractivity contribution in [3.8, 4) is 0 Å². The zero-order valence-corrected chi connectivity index (χ0v) is 9.03. The second-order valence-corrected chi connectivity index (χ2v) is 4.37. The number of carboxylic acids is 1. The van der Waals surface area contributed by atoms with Crippen LogP contribution in [0.1, 0.15) is 23.7 Å². The van der Waals surface area contributed by atoms with Gasteiger partial charge >= 0.3 is 5.97 Å². The van der Waals surface area contributed by atoms with E-state index in [1.165, 1.54) is 5.56 Å². The van der Waals surface area contributed by atoms with Crippen LogP contribution >= 0.6 is 0 Å². The van der Waals surface area contributed by atoms with Crippen LogP contribution in [0.5, 0.6) is 0 Å². The summed E-state index contributed by atoms with van der Waals surface area (Å²) in [5.41, 5.74) is 2.32. The monoisotopic (exact) mass is 208 g/mol. The summed E-state index contributed by atoms with van der Waals surface area (Å²) in [5, 5.41) is 9.07. The number of rotatable bonds is 2. The molecule has 0 aliphatic heterocycles. The van der Waals surface area contributed by atoms with Crippen LogP contribution in [0.2, 0.25) is 0 Å². The van der Waals surface area contributed by atoms with E-state index in [0.717, 1.165) is 5.69 Å². The Morgan fingerprint density at radius 3 is 2.93 bits per heavy atom. The van der Waals surface area contributed by atoms with Gasteiger partial charge in [0.15, 0.2) is 0 Å². The molecule has 0 bridgehead atoms. The molecule has 0 amide bonds. The van der Waals surface area contributed by atoms with Crippen molar-refractivity contribution in [2.45, 2.75) is 18.9 Å². The third-order valence-electron chi connectivity index (χ3n) is 3.16. The van der Waals surface area contributed by atoms with Crippen LogP contribution in [0, 0.1) is 5.92 Å². The standard InChI is InChI=1S/C11H16N2O2/c1-13(2)10-6-7(11(14)15)5-9-8(10)3-4-12-9/h3-4,7,10,12H,5-6H2,1-2H3,(H,14,15). The molecular weight excluding hydrogens is 192 g/mol. The van der Waals surface area contributed by atoms with E-state index >= 15 is 0 Å². The second-order valence-electron chi connectivity index (χ2n) is 4.37. The number of fused-ring (bicyclic) bond motifs is 1. The molecule has 2 rings (SSSR count). The molecule has 2 unspecified atom stereocenters. The minimum atomic E-state index is -0.692. The molecule has 1 aromatic rings. The normalized spacial score (nSPS) is 25.3. The number of nitrogens with zero attached hydrogens (tertiary/aromatic N) is 1. The molecule has 4 nitrogen and oxygen atoms in total. The molecule has 1 aliphatic rings. The zero-order chi connectivity index (χ0) is 11.0. The summed E-state index contributed by atoms with van der Waals surface area (Å²) in [5.74, 6) is -0.953. The van der Waals surface area contributed by atoms with Gasteiger partial charge in [0.25, 0.3) is 0 Å². The lowest BCUT2D eigenvalue weighted by molar-refractivity contribution is -0.142. The fourth-order valence-electron chi connectivity index (χ4n) is 2.31. The minimum absolute atomic E-state index is 0.223.